The third-order valence-corrected chi connectivity index (χ3v) is 8.73. The highest BCUT2D eigenvalue weighted by Crippen LogP contribution is 2.44. The fraction of sp³-hybridized carbons (Fsp3) is 0.0816. The van der Waals surface area contributed by atoms with Crippen molar-refractivity contribution >= 4 is 44.1 Å². The fourth-order valence-corrected chi connectivity index (χ4v) is 6.35. The van der Waals surface area contributed by atoms with Crippen LogP contribution in [0.4, 0.5) is 0 Å². The molecule has 0 atom stereocenters. The van der Waals surface area contributed by atoms with E-state index in [1.807, 2.05) is 32.9 Å². The van der Waals surface area contributed by atoms with Crippen LogP contribution in [0, 0.1) is 12.3 Å². The number of fused-ring (bicyclic) bond motifs is 3. The Bertz CT molecular complexity index is 2290. The van der Waals surface area contributed by atoms with Gasteiger partial charge in [-0.1, -0.05) is 158 Å². The number of benzene rings is 7. The number of rotatable bonds is 6. The molecular weight excluding hydrogens is 603 g/mol. The largest absolute Gasteiger partial charge is 0.309 e. The Morgan fingerprint density at radius 3 is 1.54 bits per heavy atom. The average Bonchev–Trinajstić information content (AvgIpc) is 3.16. The summed E-state index contributed by atoms with van der Waals surface area (Å²) in [5, 5.41) is 15.0. The lowest BCUT2D eigenvalue weighted by Crippen LogP contribution is -1.91. The number of aryl methyl sites for hydroxylation is 1. The molecule has 0 aliphatic rings. The normalized spacial score (nSPS) is 11.1. The highest BCUT2D eigenvalue weighted by Gasteiger charge is 2.17. The third-order valence-electron chi connectivity index (χ3n) is 8.73. The first-order chi connectivity index (χ1) is 24.5. The number of allylic oxidation sites excluding steroid dienone is 6. The van der Waals surface area contributed by atoms with Crippen molar-refractivity contribution in [1.82, 2.24) is 0 Å². The van der Waals surface area contributed by atoms with Crippen LogP contribution in [0.15, 0.2) is 177 Å². The summed E-state index contributed by atoms with van der Waals surface area (Å²) in [6, 6.07) is 48.6. The Morgan fingerprint density at radius 1 is 0.520 bits per heavy atom. The lowest BCUT2D eigenvalue weighted by molar-refractivity contribution is 1.51. The van der Waals surface area contributed by atoms with Crippen molar-refractivity contribution in [3.05, 3.63) is 188 Å². The molecule has 0 unspecified atom stereocenters. The van der Waals surface area contributed by atoms with Crippen molar-refractivity contribution in [3.8, 4) is 33.4 Å². The van der Waals surface area contributed by atoms with Crippen LogP contribution >= 0.6 is 0 Å². The molecule has 0 saturated heterocycles. The summed E-state index contributed by atoms with van der Waals surface area (Å²) in [7, 11) is 0. The zero-order valence-electron chi connectivity index (χ0n) is 29.6. The van der Waals surface area contributed by atoms with Gasteiger partial charge in [-0.2, -0.15) is 0 Å². The van der Waals surface area contributed by atoms with E-state index in [2.05, 4.69) is 154 Å². The summed E-state index contributed by atoms with van der Waals surface area (Å²) in [5.41, 5.74) is 10.6. The van der Waals surface area contributed by atoms with E-state index < -0.39 is 0 Å². The van der Waals surface area contributed by atoms with Gasteiger partial charge in [0, 0.05) is 6.21 Å². The summed E-state index contributed by atoms with van der Waals surface area (Å²) < 4.78 is 0. The molecular formula is C49H45N. The molecule has 1 heteroatoms. The molecule has 7 aromatic rings. The van der Waals surface area contributed by atoms with Gasteiger partial charge < -0.3 is 5.41 Å². The number of nitrogens with one attached hydrogen (secondary N) is 1. The van der Waals surface area contributed by atoms with E-state index in [1.54, 1.807) is 18.2 Å². The van der Waals surface area contributed by atoms with Crippen LogP contribution in [-0.2, 0) is 0 Å². The summed E-state index contributed by atoms with van der Waals surface area (Å²) in [6.45, 7) is 15.3. The minimum atomic E-state index is 0.940. The molecule has 0 aliphatic carbocycles. The average molecular weight is 648 g/mol. The number of hydrogen-bond acceptors (Lipinski definition) is 1. The number of hydrogen-bond donors (Lipinski definition) is 1. The van der Waals surface area contributed by atoms with Crippen molar-refractivity contribution in [1.29, 1.82) is 5.41 Å². The van der Waals surface area contributed by atoms with Crippen molar-refractivity contribution in [2.24, 2.45) is 0 Å². The fourth-order valence-electron chi connectivity index (χ4n) is 6.35. The molecule has 0 saturated carbocycles. The predicted octanol–water partition coefficient (Wildman–Crippen LogP) is 14.4. The molecule has 246 valence electrons. The second-order valence-corrected chi connectivity index (χ2v) is 12.1. The lowest BCUT2D eigenvalue weighted by Gasteiger charge is -2.18. The van der Waals surface area contributed by atoms with Crippen LogP contribution in [0.5, 0.6) is 0 Å². The predicted molar refractivity (Wildman–Crippen MR) is 223 cm³/mol. The van der Waals surface area contributed by atoms with Crippen LogP contribution < -0.4 is 0 Å². The van der Waals surface area contributed by atoms with E-state index in [1.165, 1.54) is 71.9 Å². The van der Waals surface area contributed by atoms with Gasteiger partial charge in [0.25, 0.3) is 0 Å². The van der Waals surface area contributed by atoms with Crippen LogP contribution in [0.3, 0.4) is 0 Å². The van der Waals surface area contributed by atoms with Gasteiger partial charge in [0.15, 0.2) is 0 Å². The van der Waals surface area contributed by atoms with E-state index >= 15 is 0 Å². The molecule has 0 aliphatic heterocycles. The van der Waals surface area contributed by atoms with Crippen LogP contribution in [0.1, 0.15) is 31.9 Å². The molecule has 0 bridgehead atoms. The lowest BCUT2D eigenvalue weighted by atomic mass is 9.85. The Morgan fingerprint density at radius 2 is 1.02 bits per heavy atom. The first kappa shape index (κ1) is 35.3. The van der Waals surface area contributed by atoms with E-state index in [0.29, 0.717) is 0 Å². The maximum absolute atomic E-state index is 7.44. The second-order valence-electron chi connectivity index (χ2n) is 12.1. The topological polar surface area (TPSA) is 23.9 Å². The second kappa shape index (κ2) is 16.9. The van der Waals surface area contributed by atoms with Gasteiger partial charge in [0.1, 0.15) is 0 Å². The minimum Gasteiger partial charge on any atom is -0.309 e. The molecule has 0 fully saturated rings. The Kier molecular flexibility index (Phi) is 11.9. The van der Waals surface area contributed by atoms with E-state index in [0.717, 1.165) is 16.7 Å². The van der Waals surface area contributed by atoms with E-state index in [4.69, 9.17) is 5.41 Å². The highest BCUT2D eigenvalue weighted by molar-refractivity contribution is 6.21. The smallest absolute Gasteiger partial charge is 0.0183 e. The SMILES string of the molecule is C/C=C\C.C=C/C(=C\C=N)c1ccc(-c2cccc(-c3c4ccccc4c(-c4ccc5ccc(C)cc5c4)c4ccccc34)c2)cc1.C=CC. The van der Waals surface area contributed by atoms with Crippen molar-refractivity contribution < 1.29 is 0 Å². The first-order valence-electron chi connectivity index (χ1n) is 17.1. The maximum atomic E-state index is 7.44. The van der Waals surface area contributed by atoms with Gasteiger partial charge in [-0.05, 0) is 123 Å². The maximum Gasteiger partial charge on any atom is 0.0183 e. The van der Waals surface area contributed by atoms with E-state index in [9.17, 15) is 0 Å². The molecule has 0 radical (unpaired) electrons. The van der Waals surface area contributed by atoms with Crippen LogP contribution in [-0.4, -0.2) is 6.21 Å². The van der Waals surface area contributed by atoms with Gasteiger partial charge in [0.2, 0.25) is 0 Å². The van der Waals surface area contributed by atoms with Crippen molar-refractivity contribution in [2.45, 2.75) is 27.7 Å². The van der Waals surface area contributed by atoms with Gasteiger partial charge in [-0.25, -0.2) is 0 Å². The monoisotopic (exact) mass is 647 g/mol. The van der Waals surface area contributed by atoms with Crippen LogP contribution in [0.25, 0.3) is 71.3 Å². The summed E-state index contributed by atoms with van der Waals surface area (Å²) in [5.74, 6) is 0. The molecule has 0 amide bonds. The van der Waals surface area contributed by atoms with Gasteiger partial charge in [-0.3, -0.25) is 0 Å². The Balaban J connectivity index is 0.000000640. The standard InChI is InChI=1S/C42H31N.C4H8.C3H6/c1-3-29(23-24-43)30-17-19-31(20-18-30)33-9-8-10-34(26-33)41-37-11-4-6-13-39(37)42(40-14-7-5-12-38(40)41)35-22-21-32-16-15-28(2)25-36(32)27-35;1-3-4-2;1-3-2/h3-27,43H,1H2,2H3;3-4H,1-2H3;3H,1H2,2H3/b29-23+,43-24?;4-3-;. The highest BCUT2D eigenvalue weighted by atomic mass is 14.3. The molecule has 0 aromatic heterocycles. The van der Waals surface area contributed by atoms with E-state index in [-0.39, 0.29) is 0 Å². The Hall–Kier alpha value is -6.05. The molecule has 7 aromatic carbocycles. The zero-order valence-corrected chi connectivity index (χ0v) is 29.6. The summed E-state index contributed by atoms with van der Waals surface area (Å²) >= 11 is 0. The summed E-state index contributed by atoms with van der Waals surface area (Å²) in [6.07, 6.45) is 10.6. The van der Waals surface area contributed by atoms with Gasteiger partial charge >= 0.3 is 0 Å². The van der Waals surface area contributed by atoms with Crippen molar-refractivity contribution in [2.75, 3.05) is 0 Å². The molecule has 50 heavy (non-hydrogen) atoms. The van der Waals surface area contributed by atoms with Crippen molar-refractivity contribution in [3.63, 3.8) is 0 Å². The van der Waals surface area contributed by atoms with Crippen LogP contribution in [0.2, 0.25) is 0 Å². The molecule has 0 heterocycles. The minimum absolute atomic E-state index is 0.940. The zero-order chi connectivity index (χ0) is 35.5. The molecule has 1 nitrogen and oxygen atoms in total. The molecule has 0 spiro atoms. The Labute approximate surface area is 297 Å². The third kappa shape index (κ3) is 7.64. The summed E-state index contributed by atoms with van der Waals surface area (Å²) in [4.78, 5) is 0. The molecule has 7 rings (SSSR count). The molecule has 1 N–H and O–H groups in total. The van der Waals surface area contributed by atoms with Gasteiger partial charge in [0.05, 0.1) is 0 Å². The van der Waals surface area contributed by atoms with Gasteiger partial charge in [-0.15, -0.1) is 6.58 Å². The first-order valence-corrected chi connectivity index (χ1v) is 17.1. The quantitative estimate of drug-likeness (QED) is 0.0804.